The molecular formula is C18H22N4OS. The molecule has 0 aliphatic carbocycles. The second-order valence-electron chi connectivity index (χ2n) is 5.60. The fraction of sp³-hybridized carbons (Fsp3) is 0.333. The molecule has 0 aliphatic rings. The summed E-state index contributed by atoms with van der Waals surface area (Å²) in [4.78, 5) is 10.0. The largest absolute Gasteiger partial charge is 0.461 e. The zero-order valence-electron chi connectivity index (χ0n) is 14.2. The molecular weight excluding hydrogens is 320 g/mol. The fourth-order valence-corrected chi connectivity index (χ4v) is 3.33. The van der Waals surface area contributed by atoms with Gasteiger partial charge in [0.05, 0.1) is 12.2 Å². The molecule has 0 spiro atoms. The highest BCUT2D eigenvalue weighted by molar-refractivity contribution is 7.11. The summed E-state index contributed by atoms with van der Waals surface area (Å²) >= 11 is 1.72. The van der Waals surface area contributed by atoms with Gasteiger partial charge in [-0.25, -0.2) is 4.98 Å². The van der Waals surface area contributed by atoms with Gasteiger partial charge >= 0.3 is 0 Å². The number of fused-ring (bicyclic) bond motifs is 1. The molecule has 0 bridgehead atoms. The summed E-state index contributed by atoms with van der Waals surface area (Å²) in [6.07, 6.45) is 0.810. The van der Waals surface area contributed by atoms with Crippen molar-refractivity contribution in [3.63, 3.8) is 0 Å². The van der Waals surface area contributed by atoms with E-state index in [1.807, 2.05) is 25.1 Å². The minimum Gasteiger partial charge on any atom is -0.461 e. The number of para-hydroxylation sites is 1. The molecule has 2 N–H and O–H groups in total. The standard InChI is InChI=1S/C18H22N4OS/c1-12-13(2)24-17(22-12)11-21-18(19-3)20-9-8-15-10-14-6-4-5-7-16(14)23-15/h4-7,10H,8-9,11H2,1-3H3,(H2,19,20,21). The van der Waals surface area contributed by atoms with E-state index in [0.717, 1.165) is 46.4 Å². The lowest BCUT2D eigenvalue weighted by Gasteiger charge is -2.10. The average molecular weight is 342 g/mol. The van der Waals surface area contributed by atoms with Crippen LogP contribution in [-0.4, -0.2) is 24.5 Å². The summed E-state index contributed by atoms with van der Waals surface area (Å²) in [5.41, 5.74) is 2.04. The first-order valence-corrected chi connectivity index (χ1v) is 8.82. The number of nitrogens with one attached hydrogen (secondary N) is 2. The van der Waals surface area contributed by atoms with Crippen molar-refractivity contribution < 1.29 is 4.42 Å². The van der Waals surface area contributed by atoms with Gasteiger partial charge < -0.3 is 15.1 Å². The zero-order chi connectivity index (χ0) is 16.9. The Hall–Kier alpha value is -2.34. The Morgan fingerprint density at radius 3 is 2.79 bits per heavy atom. The van der Waals surface area contributed by atoms with Gasteiger partial charge in [-0.05, 0) is 26.0 Å². The predicted molar refractivity (Wildman–Crippen MR) is 99.7 cm³/mol. The van der Waals surface area contributed by atoms with Crippen molar-refractivity contribution in [2.75, 3.05) is 13.6 Å². The van der Waals surface area contributed by atoms with Crippen LogP contribution in [0.3, 0.4) is 0 Å². The minimum absolute atomic E-state index is 0.684. The van der Waals surface area contributed by atoms with Crippen molar-refractivity contribution in [3.05, 3.63) is 51.7 Å². The maximum atomic E-state index is 5.82. The molecule has 2 aromatic heterocycles. The third-order valence-corrected chi connectivity index (χ3v) is 4.92. The molecule has 0 saturated carbocycles. The summed E-state index contributed by atoms with van der Waals surface area (Å²) in [5.74, 6) is 1.75. The van der Waals surface area contributed by atoms with Crippen LogP contribution < -0.4 is 10.6 Å². The van der Waals surface area contributed by atoms with Crippen molar-refractivity contribution in [2.24, 2.45) is 4.99 Å². The number of thiazole rings is 1. The van der Waals surface area contributed by atoms with E-state index in [1.54, 1.807) is 18.4 Å². The van der Waals surface area contributed by atoms with Crippen molar-refractivity contribution in [3.8, 4) is 0 Å². The smallest absolute Gasteiger partial charge is 0.191 e. The molecule has 6 heteroatoms. The summed E-state index contributed by atoms with van der Waals surface area (Å²) in [5, 5.41) is 8.82. The van der Waals surface area contributed by atoms with E-state index in [1.165, 1.54) is 4.88 Å². The van der Waals surface area contributed by atoms with Crippen LogP contribution in [0.4, 0.5) is 0 Å². The van der Waals surface area contributed by atoms with Crippen LogP contribution in [0, 0.1) is 13.8 Å². The first kappa shape index (κ1) is 16.5. The van der Waals surface area contributed by atoms with E-state index in [4.69, 9.17) is 4.42 Å². The second-order valence-corrected chi connectivity index (χ2v) is 6.89. The van der Waals surface area contributed by atoms with Gasteiger partial charge in [0, 0.05) is 30.3 Å². The Kier molecular flexibility index (Phi) is 5.15. The van der Waals surface area contributed by atoms with Gasteiger partial charge in [0.2, 0.25) is 0 Å². The zero-order valence-corrected chi connectivity index (χ0v) is 15.0. The molecule has 3 rings (SSSR count). The molecule has 1 aromatic carbocycles. The molecule has 3 aromatic rings. The van der Waals surface area contributed by atoms with E-state index in [2.05, 4.69) is 39.7 Å². The number of furan rings is 1. The monoisotopic (exact) mass is 342 g/mol. The molecule has 2 heterocycles. The van der Waals surface area contributed by atoms with Gasteiger partial charge in [-0.1, -0.05) is 18.2 Å². The molecule has 0 fully saturated rings. The number of hydrogen-bond acceptors (Lipinski definition) is 4. The topological polar surface area (TPSA) is 62.5 Å². The molecule has 126 valence electrons. The van der Waals surface area contributed by atoms with Crippen LogP contribution in [-0.2, 0) is 13.0 Å². The maximum Gasteiger partial charge on any atom is 0.191 e. The van der Waals surface area contributed by atoms with Crippen LogP contribution in [0.2, 0.25) is 0 Å². The number of aliphatic imine (C=N–C) groups is 1. The number of aryl methyl sites for hydroxylation is 2. The predicted octanol–water partition coefficient (Wildman–Crippen LogP) is 3.41. The minimum atomic E-state index is 0.684. The van der Waals surface area contributed by atoms with Crippen molar-refractivity contribution in [1.29, 1.82) is 0 Å². The van der Waals surface area contributed by atoms with Crippen LogP contribution >= 0.6 is 11.3 Å². The molecule has 24 heavy (non-hydrogen) atoms. The first-order valence-electron chi connectivity index (χ1n) is 8.00. The van der Waals surface area contributed by atoms with Crippen LogP contribution in [0.1, 0.15) is 21.3 Å². The molecule has 0 amide bonds. The summed E-state index contributed by atoms with van der Waals surface area (Å²) in [6, 6.07) is 10.2. The Bertz CT molecular complexity index is 797. The van der Waals surface area contributed by atoms with E-state index < -0.39 is 0 Å². The Labute approximate surface area is 145 Å². The number of guanidine groups is 1. The van der Waals surface area contributed by atoms with E-state index in [-0.39, 0.29) is 0 Å². The fourth-order valence-electron chi connectivity index (χ4n) is 2.46. The highest BCUT2D eigenvalue weighted by atomic mass is 32.1. The molecule has 0 atom stereocenters. The Morgan fingerprint density at radius 1 is 1.25 bits per heavy atom. The number of aromatic nitrogens is 1. The van der Waals surface area contributed by atoms with Gasteiger partial charge in [0.25, 0.3) is 0 Å². The molecule has 0 unspecified atom stereocenters. The van der Waals surface area contributed by atoms with Crippen molar-refractivity contribution in [2.45, 2.75) is 26.8 Å². The maximum absolute atomic E-state index is 5.82. The number of rotatable bonds is 5. The summed E-state index contributed by atoms with van der Waals surface area (Å²) in [7, 11) is 1.77. The number of hydrogen-bond donors (Lipinski definition) is 2. The van der Waals surface area contributed by atoms with E-state index >= 15 is 0 Å². The Morgan fingerprint density at radius 2 is 2.08 bits per heavy atom. The molecule has 0 aliphatic heterocycles. The van der Waals surface area contributed by atoms with Gasteiger partial charge in [-0.15, -0.1) is 11.3 Å². The highest BCUT2D eigenvalue weighted by Gasteiger charge is 2.06. The lowest BCUT2D eigenvalue weighted by Crippen LogP contribution is -2.37. The normalized spacial score (nSPS) is 11.9. The van der Waals surface area contributed by atoms with Crippen molar-refractivity contribution in [1.82, 2.24) is 15.6 Å². The van der Waals surface area contributed by atoms with Crippen LogP contribution in [0.5, 0.6) is 0 Å². The third kappa shape index (κ3) is 3.94. The van der Waals surface area contributed by atoms with Crippen molar-refractivity contribution >= 4 is 28.3 Å². The molecule has 0 radical (unpaired) electrons. The summed E-state index contributed by atoms with van der Waals surface area (Å²) < 4.78 is 5.82. The third-order valence-electron chi connectivity index (χ3n) is 3.84. The van der Waals surface area contributed by atoms with Gasteiger partial charge in [0.15, 0.2) is 5.96 Å². The van der Waals surface area contributed by atoms with Gasteiger partial charge in [-0.2, -0.15) is 0 Å². The Balaban J connectivity index is 1.49. The molecule has 0 saturated heterocycles. The van der Waals surface area contributed by atoms with Crippen LogP contribution in [0.25, 0.3) is 11.0 Å². The quantitative estimate of drug-likeness (QED) is 0.551. The summed E-state index contributed by atoms with van der Waals surface area (Å²) in [6.45, 7) is 5.58. The van der Waals surface area contributed by atoms with E-state index in [9.17, 15) is 0 Å². The number of nitrogens with zero attached hydrogens (tertiary/aromatic N) is 2. The second kappa shape index (κ2) is 7.49. The molecule has 5 nitrogen and oxygen atoms in total. The SMILES string of the molecule is CN=C(NCCc1cc2ccccc2o1)NCc1nc(C)c(C)s1. The van der Waals surface area contributed by atoms with Gasteiger partial charge in [0.1, 0.15) is 16.4 Å². The first-order chi connectivity index (χ1) is 11.7. The van der Waals surface area contributed by atoms with Gasteiger partial charge in [-0.3, -0.25) is 4.99 Å². The van der Waals surface area contributed by atoms with E-state index in [0.29, 0.717) is 6.54 Å². The van der Waals surface area contributed by atoms with Crippen LogP contribution in [0.15, 0.2) is 39.7 Å². The highest BCUT2D eigenvalue weighted by Crippen LogP contribution is 2.19. The number of benzene rings is 1. The lowest BCUT2D eigenvalue weighted by molar-refractivity contribution is 0.544. The lowest BCUT2D eigenvalue weighted by atomic mass is 10.2. The average Bonchev–Trinajstić information content (AvgIpc) is 3.13.